The number of nitrogens with zero attached hydrogens (tertiary/aromatic N) is 1. The van der Waals surface area contributed by atoms with Crippen LogP contribution in [0.15, 0.2) is 54.1 Å². The lowest BCUT2D eigenvalue weighted by molar-refractivity contribution is -0.279. The van der Waals surface area contributed by atoms with Gasteiger partial charge in [-0.05, 0) is 6.42 Å². The number of ether oxygens (including phenoxy) is 3. The molecular weight excluding hydrogens is 427 g/mol. The molecule has 32 heavy (non-hydrogen) atoms. The van der Waals surface area contributed by atoms with E-state index < -0.39 is 35.4 Å². The fourth-order valence-electron chi connectivity index (χ4n) is 5.62. The third-order valence-electron chi connectivity index (χ3n) is 7.06. The number of halogens is 3. The first-order chi connectivity index (χ1) is 15.2. The second kappa shape index (κ2) is 7.18. The number of hydrogen-bond donors (Lipinski definition) is 0. The van der Waals surface area contributed by atoms with Crippen LogP contribution in [0.5, 0.6) is 0 Å². The molecule has 9 heteroatoms. The largest absolute Gasteiger partial charge is 0.460 e. The van der Waals surface area contributed by atoms with Crippen molar-refractivity contribution in [1.29, 1.82) is 0 Å². The third-order valence-corrected chi connectivity index (χ3v) is 7.06. The summed E-state index contributed by atoms with van der Waals surface area (Å²) < 4.78 is 58.5. The summed E-state index contributed by atoms with van der Waals surface area (Å²) in [6.07, 6.45) is 0.814. The fourth-order valence-corrected chi connectivity index (χ4v) is 5.62. The SMILES string of the molecule is CO[C@@](C(=O)O[C@H]1CCN2[C@@H]3C=CC4=CC(=O)O[C@]4(C3)[C@@H]2C1)(c1ccccc1)C(F)(F)F. The van der Waals surface area contributed by atoms with E-state index in [-0.39, 0.29) is 24.1 Å². The molecule has 1 aliphatic carbocycles. The lowest BCUT2D eigenvalue weighted by Crippen LogP contribution is -2.55. The van der Waals surface area contributed by atoms with Crippen molar-refractivity contribution in [3.63, 3.8) is 0 Å². The Balaban J connectivity index is 1.41. The van der Waals surface area contributed by atoms with E-state index in [1.54, 1.807) is 6.07 Å². The van der Waals surface area contributed by atoms with Gasteiger partial charge in [-0.15, -0.1) is 0 Å². The summed E-state index contributed by atoms with van der Waals surface area (Å²) in [5, 5.41) is 0. The van der Waals surface area contributed by atoms with Gasteiger partial charge in [0.1, 0.15) is 6.10 Å². The second-order valence-corrected chi connectivity index (χ2v) is 8.60. The monoisotopic (exact) mass is 449 g/mol. The van der Waals surface area contributed by atoms with E-state index in [9.17, 15) is 22.8 Å². The van der Waals surface area contributed by atoms with Crippen molar-refractivity contribution in [2.45, 2.75) is 54.8 Å². The first kappa shape index (κ1) is 21.2. The Bertz CT molecular complexity index is 1010. The number of hydrogen-bond acceptors (Lipinski definition) is 6. The molecule has 170 valence electrons. The summed E-state index contributed by atoms with van der Waals surface area (Å²) >= 11 is 0. The van der Waals surface area contributed by atoms with Crippen molar-refractivity contribution < 1.29 is 37.0 Å². The molecule has 0 aromatic heterocycles. The van der Waals surface area contributed by atoms with Crippen LogP contribution >= 0.6 is 0 Å². The van der Waals surface area contributed by atoms with Gasteiger partial charge in [-0.1, -0.05) is 42.5 Å². The quantitative estimate of drug-likeness (QED) is 0.659. The molecule has 1 aromatic rings. The number of fused-ring (bicyclic) bond motifs is 3. The number of carbonyl (C=O) groups excluding carboxylic acids is 2. The van der Waals surface area contributed by atoms with Gasteiger partial charge in [0.2, 0.25) is 0 Å². The van der Waals surface area contributed by atoms with E-state index in [1.807, 2.05) is 12.2 Å². The van der Waals surface area contributed by atoms with Crippen LogP contribution in [-0.2, 0) is 29.4 Å². The van der Waals surface area contributed by atoms with Gasteiger partial charge in [-0.2, -0.15) is 13.2 Å². The summed E-state index contributed by atoms with van der Waals surface area (Å²) in [5.41, 5.74) is -3.62. The van der Waals surface area contributed by atoms with Crippen molar-refractivity contribution in [3.8, 4) is 0 Å². The van der Waals surface area contributed by atoms with Gasteiger partial charge in [-0.3, -0.25) is 4.90 Å². The van der Waals surface area contributed by atoms with Crippen LogP contribution in [-0.4, -0.2) is 60.5 Å². The maximum Gasteiger partial charge on any atom is 0.432 e. The van der Waals surface area contributed by atoms with Gasteiger partial charge in [0.15, 0.2) is 5.60 Å². The fraction of sp³-hybridized carbons (Fsp3) is 0.478. The molecule has 1 aromatic carbocycles. The van der Waals surface area contributed by atoms with Crippen molar-refractivity contribution >= 4 is 11.9 Å². The molecule has 0 N–H and O–H groups in total. The number of esters is 2. The van der Waals surface area contributed by atoms with Crippen LogP contribution in [0.2, 0.25) is 0 Å². The van der Waals surface area contributed by atoms with Crippen LogP contribution in [0.3, 0.4) is 0 Å². The van der Waals surface area contributed by atoms with Crippen molar-refractivity contribution in [3.05, 3.63) is 59.7 Å². The van der Waals surface area contributed by atoms with E-state index in [2.05, 4.69) is 4.90 Å². The molecule has 6 nitrogen and oxygen atoms in total. The summed E-state index contributed by atoms with van der Waals surface area (Å²) in [7, 11) is 0.851. The zero-order chi connectivity index (χ0) is 22.7. The minimum Gasteiger partial charge on any atom is -0.460 e. The lowest BCUT2D eigenvalue weighted by Gasteiger charge is -2.41. The number of benzene rings is 1. The maximum atomic E-state index is 14.2. The molecule has 5 rings (SSSR count). The molecule has 5 atom stereocenters. The highest BCUT2D eigenvalue weighted by atomic mass is 19.4. The van der Waals surface area contributed by atoms with Crippen LogP contribution in [0.1, 0.15) is 24.8 Å². The molecule has 3 heterocycles. The average molecular weight is 449 g/mol. The number of alkyl halides is 3. The van der Waals surface area contributed by atoms with Crippen molar-refractivity contribution in [2.75, 3.05) is 13.7 Å². The van der Waals surface area contributed by atoms with E-state index in [1.165, 1.54) is 30.3 Å². The first-order valence-electron chi connectivity index (χ1n) is 10.5. The highest BCUT2D eigenvalue weighted by molar-refractivity contribution is 5.88. The van der Waals surface area contributed by atoms with Gasteiger partial charge in [0, 0.05) is 49.8 Å². The Kier molecular flexibility index (Phi) is 4.76. The minimum atomic E-state index is -5.02. The summed E-state index contributed by atoms with van der Waals surface area (Å²) in [4.78, 5) is 27.2. The van der Waals surface area contributed by atoms with Gasteiger partial charge in [0.05, 0.1) is 6.04 Å². The number of rotatable bonds is 4. The molecule has 0 saturated carbocycles. The number of carbonyl (C=O) groups is 2. The van der Waals surface area contributed by atoms with E-state index in [0.29, 0.717) is 19.4 Å². The Morgan fingerprint density at radius 3 is 2.69 bits per heavy atom. The Labute approximate surface area is 182 Å². The molecule has 0 amide bonds. The van der Waals surface area contributed by atoms with Gasteiger partial charge < -0.3 is 14.2 Å². The predicted molar refractivity (Wildman–Crippen MR) is 105 cm³/mol. The molecule has 2 bridgehead atoms. The molecule has 0 radical (unpaired) electrons. The average Bonchev–Trinajstić information content (AvgIpc) is 3.22. The molecule has 0 unspecified atom stereocenters. The van der Waals surface area contributed by atoms with Gasteiger partial charge >= 0.3 is 18.1 Å². The predicted octanol–water partition coefficient (Wildman–Crippen LogP) is 3.03. The highest BCUT2D eigenvalue weighted by Crippen LogP contribution is 2.52. The zero-order valence-corrected chi connectivity index (χ0v) is 17.3. The van der Waals surface area contributed by atoms with Gasteiger partial charge in [0.25, 0.3) is 5.60 Å². The second-order valence-electron chi connectivity index (χ2n) is 8.60. The van der Waals surface area contributed by atoms with Crippen LogP contribution in [0.25, 0.3) is 0 Å². The molecule has 2 saturated heterocycles. The van der Waals surface area contributed by atoms with Crippen molar-refractivity contribution in [2.24, 2.45) is 0 Å². The van der Waals surface area contributed by atoms with Crippen molar-refractivity contribution in [1.82, 2.24) is 4.90 Å². The van der Waals surface area contributed by atoms with Crippen LogP contribution in [0, 0.1) is 0 Å². The zero-order valence-electron chi connectivity index (χ0n) is 17.3. The summed E-state index contributed by atoms with van der Waals surface area (Å²) in [6, 6.07) is 6.58. The van der Waals surface area contributed by atoms with Gasteiger partial charge in [-0.25, -0.2) is 9.59 Å². The number of methoxy groups -OCH3 is 1. The normalized spacial score (nSPS) is 33.1. The molecule has 3 aliphatic heterocycles. The standard InChI is InChI=1S/C23H22F3NO5/c1-30-22(23(24,25)26,14-5-3-2-4-6-14)20(29)31-17-9-10-27-16-8-7-15-11-19(28)32-21(15,13-16)18(27)12-17/h2-8,11,16-18H,9-10,12-13H2,1H3/t16-,17+,18+,21+,22-/m1/s1. The van der Waals surface area contributed by atoms with E-state index in [4.69, 9.17) is 14.2 Å². The molecule has 4 aliphatic rings. The molecule has 2 fully saturated rings. The molecular formula is C23H22F3NO5. The number of piperidine rings is 1. The van der Waals surface area contributed by atoms with Crippen LogP contribution in [0.4, 0.5) is 13.2 Å². The third kappa shape index (κ3) is 2.87. The summed E-state index contributed by atoms with van der Waals surface area (Å²) in [6.45, 7) is 0.515. The Hall–Kier alpha value is -2.65. The first-order valence-corrected chi connectivity index (χ1v) is 10.5. The van der Waals surface area contributed by atoms with Crippen LogP contribution < -0.4 is 0 Å². The highest BCUT2D eigenvalue weighted by Gasteiger charge is 2.65. The molecule has 1 spiro atoms. The Morgan fingerprint density at radius 1 is 1.25 bits per heavy atom. The topological polar surface area (TPSA) is 65.1 Å². The maximum absolute atomic E-state index is 14.2. The Morgan fingerprint density at radius 2 is 2.00 bits per heavy atom. The lowest BCUT2D eigenvalue weighted by atomic mass is 9.80. The van der Waals surface area contributed by atoms with E-state index in [0.717, 1.165) is 12.7 Å². The van der Waals surface area contributed by atoms with E-state index >= 15 is 0 Å². The smallest absolute Gasteiger partial charge is 0.432 e. The summed E-state index contributed by atoms with van der Waals surface area (Å²) in [5.74, 6) is -1.92. The minimum absolute atomic E-state index is 0.0808.